The highest BCUT2D eigenvalue weighted by Crippen LogP contribution is 2.32. The summed E-state index contributed by atoms with van der Waals surface area (Å²) >= 11 is 0. The molecule has 0 fully saturated rings. The van der Waals surface area contributed by atoms with E-state index in [0.717, 1.165) is 34.7 Å². The highest BCUT2D eigenvalue weighted by molar-refractivity contribution is 7.92. The maximum Gasteiger partial charge on any atom is 0.416 e. The smallest absolute Gasteiger partial charge is 0.358 e. The largest absolute Gasteiger partial charge is 0.416 e. The normalized spacial score (nSPS) is 13.9. The van der Waals surface area contributed by atoms with Crippen LogP contribution in [0.5, 0.6) is 0 Å². The number of nitrogens with one attached hydrogen (secondary N) is 2. The monoisotopic (exact) mass is 653 g/mol. The van der Waals surface area contributed by atoms with Gasteiger partial charge in [-0.05, 0) is 65.9 Å². The van der Waals surface area contributed by atoms with Crippen LogP contribution >= 0.6 is 0 Å². The minimum absolute atomic E-state index is 0.108. The maximum absolute atomic E-state index is 13.9. The van der Waals surface area contributed by atoms with E-state index < -0.39 is 39.4 Å². The standard InChI is InChI=1S/C35H38F3N3O4S/c1-4-12-27-20-29(23-32(22-27)41(46(3,44)45)31-17-9-6-10-18-31)33(42)40-35(43,25(2)19-26-13-7-5-8-14-26)39-24-28-15-11-16-30(21-28)34(36,37)38/h5-11,13-18,20-23,25,39,43H,4,12,19,24H2,1-3H3,(H,40,42)/t25-,35+/m1/s1. The molecule has 0 bridgehead atoms. The number of sulfonamides is 1. The number of amides is 1. The van der Waals surface area contributed by atoms with Gasteiger partial charge >= 0.3 is 6.18 Å². The van der Waals surface area contributed by atoms with E-state index in [0.29, 0.717) is 24.1 Å². The molecule has 0 saturated heterocycles. The van der Waals surface area contributed by atoms with Crippen LogP contribution in [0.25, 0.3) is 0 Å². The zero-order valence-corrected chi connectivity index (χ0v) is 26.7. The van der Waals surface area contributed by atoms with Crippen LogP contribution in [-0.4, -0.2) is 31.5 Å². The van der Waals surface area contributed by atoms with Crippen molar-refractivity contribution in [2.45, 2.75) is 51.7 Å². The van der Waals surface area contributed by atoms with E-state index in [2.05, 4.69) is 10.6 Å². The van der Waals surface area contributed by atoms with Gasteiger partial charge < -0.3 is 10.4 Å². The first-order chi connectivity index (χ1) is 21.7. The van der Waals surface area contributed by atoms with Gasteiger partial charge in [0.2, 0.25) is 10.0 Å². The topological polar surface area (TPSA) is 98.7 Å². The molecular formula is C35H38F3N3O4S. The molecule has 0 unspecified atom stereocenters. The summed E-state index contributed by atoms with van der Waals surface area (Å²) < 4.78 is 67.2. The third-order valence-corrected chi connectivity index (χ3v) is 8.64. The van der Waals surface area contributed by atoms with Gasteiger partial charge in [-0.1, -0.05) is 87.0 Å². The molecule has 4 aromatic rings. The van der Waals surface area contributed by atoms with Gasteiger partial charge in [0.25, 0.3) is 5.91 Å². The molecule has 0 radical (unpaired) electrons. The molecule has 0 aromatic heterocycles. The van der Waals surface area contributed by atoms with Crippen molar-refractivity contribution in [3.8, 4) is 0 Å². The molecule has 4 aromatic carbocycles. The van der Waals surface area contributed by atoms with Crippen LogP contribution in [0, 0.1) is 5.92 Å². The van der Waals surface area contributed by atoms with E-state index in [-0.39, 0.29) is 23.4 Å². The Bertz CT molecular complexity index is 1740. The number of alkyl halides is 3. The van der Waals surface area contributed by atoms with Crippen molar-refractivity contribution in [1.82, 2.24) is 10.6 Å². The van der Waals surface area contributed by atoms with Crippen LogP contribution < -0.4 is 14.9 Å². The van der Waals surface area contributed by atoms with Crippen molar-refractivity contribution in [1.29, 1.82) is 0 Å². The van der Waals surface area contributed by atoms with Gasteiger partial charge in [-0.15, -0.1) is 0 Å². The molecule has 0 saturated carbocycles. The van der Waals surface area contributed by atoms with Crippen molar-refractivity contribution in [3.63, 3.8) is 0 Å². The van der Waals surface area contributed by atoms with Gasteiger partial charge in [0.1, 0.15) is 0 Å². The predicted octanol–water partition coefficient (Wildman–Crippen LogP) is 6.80. The van der Waals surface area contributed by atoms with Crippen LogP contribution in [-0.2, 0) is 35.6 Å². The van der Waals surface area contributed by atoms with E-state index >= 15 is 0 Å². The Kier molecular flexibility index (Phi) is 10.9. The van der Waals surface area contributed by atoms with Gasteiger partial charge in [-0.25, -0.2) is 12.7 Å². The molecule has 0 aliphatic heterocycles. The lowest BCUT2D eigenvalue weighted by molar-refractivity contribution is -0.137. The number of benzene rings is 4. The average Bonchev–Trinajstić information content (AvgIpc) is 3.00. The Balaban J connectivity index is 1.71. The van der Waals surface area contributed by atoms with Gasteiger partial charge in [0, 0.05) is 18.0 Å². The molecule has 3 N–H and O–H groups in total. The first-order valence-corrected chi connectivity index (χ1v) is 16.7. The van der Waals surface area contributed by atoms with E-state index in [4.69, 9.17) is 0 Å². The predicted molar refractivity (Wildman–Crippen MR) is 174 cm³/mol. The summed E-state index contributed by atoms with van der Waals surface area (Å²) in [6.07, 6.45) is -1.85. The van der Waals surface area contributed by atoms with Crippen molar-refractivity contribution in [2.24, 2.45) is 5.92 Å². The number of para-hydroxylation sites is 1. The minimum atomic E-state index is -4.54. The van der Waals surface area contributed by atoms with Crippen LogP contribution in [0.3, 0.4) is 0 Å². The van der Waals surface area contributed by atoms with Gasteiger partial charge in [0.05, 0.1) is 23.2 Å². The van der Waals surface area contributed by atoms with Crippen LogP contribution in [0.4, 0.5) is 24.5 Å². The molecule has 0 spiro atoms. The summed E-state index contributed by atoms with van der Waals surface area (Å²) in [5.41, 5.74) is 1.77. The van der Waals surface area contributed by atoms with Crippen molar-refractivity contribution >= 4 is 27.3 Å². The molecule has 2 atom stereocenters. The molecule has 46 heavy (non-hydrogen) atoms. The number of carbonyl (C=O) groups excluding carboxylic acids is 1. The molecule has 11 heteroatoms. The van der Waals surface area contributed by atoms with E-state index in [9.17, 15) is 31.5 Å². The van der Waals surface area contributed by atoms with Crippen LogP contribution in [0.1, 0.15) is 52.9 Å². The number of carbonyl (C=O) groups is 1. The molecule has 4 rings (SSSR count). The average molecular weight is 654 g/mol. The molecule has 0 aliphatic carbocycles. The first-order valence-electron chi connectivity index (χ1n) is 14.9. The highest BCUT2D eigenvalue weighted by Gasteiger charge is 2.36. The number of hydrogen-bond acceptors (Lipinski definition) is 5. The van der Waals surface area contributed by atoms with Crippen molar-refractivity contribution in [3.05, 3.63) is 131 Å². The second kappa shape index (κ2) is 14.5. The van der Waals surface area contributed by atoms with Crippen molar-refractivity contribution < 1.29 is 31.5 Å². The molecule has 0 heterocycles. The van der Waals surface area contributed by atoms with E-state index in [1.54, 1.807) is 49.4 Å². The lowest BCUT2D eigenvalue weighted by atomic mass is 9.95. The summed E-state index contributed by atoms with van der Waals surface area (Å²) in [6.45, 7) is 3.49. The van der Waals surface area contributed by atoms with E-state index in [1.165, 1.54) is 18.2 Å². The van der Waals surface area contributed by atoms with Crippen LogP contribution in [0.2, 0.25) is 0 Å². The molecule has 7 nitrogen and oxygen atoms in total. The summed E-state index contributed by atoms with van der Waals surface area (Å²) in [5, 5.41) is 17.5. The fraction of sp³-hybridized carbons (Fsp3) is 0.286. The number of aliphatic hydroxyl groups is 1. The molecule has 1 amide bonds. The molecule has 244 valence electrons. The lowest BCUT2D eigenvalue weighted by Gasteiger charge is -2.36. The quantitative estimate of drug-likeness (QED) is 0.138. The Morgan fingerprint density at radius 2 is 1.48 bits per heavy atom. The lowest BCUT2D eigenvalue weighted by Crippen LogP contribution is -2.63. The Hall–Kier alpha value is -4.19. The molecular weight excluding hydrogens is 615 g/mol. The first kappa shape index (κ1) is 34.7. The summed E-state index contributed by atoms with van der Waals surface area (Å²) in [7, 11) is -3.82. The van der Waals surface area contributed by atoms with Gasteiger partial charge in [-0.3, -0.25) is 10.1 Å². The Morgan fingerprint density at radius 3 is 2.09 bits per heavy atom. The number of nitrogens with zero attached hydrogens (tertiary/aromatic N) is 1. The Morgan fingerprint density at radius 1 is 0.848 bits per heavy atom. The fourth-order valence-electron chi connectivity index (χ4n) is 5.25. The number of rotatable bonds is 13. The third-order valence-electron chi connectivity index (χ3n) is 7.55. The zero-order valence-electron chi connectivity index (χ0n) is 25.9. The second-order valence-corrected chi connectivity index (χ2v) is 13.2. The highest BCUT2D eigenvalue weighted by atomic mass is 32.2. The number of aryl methyl sites for hydroxylation is 1. The maximum atomic E-state index is 13.9. The third kappa shape index (κ3) is 8.96. The minimum Gasteiger partial charge on any atom is -0.358 e. The molecule has 0 aliphatic rings. The fourth-order valence-corrected chi connectivity index (χ4v) is 6.24. The Labute approximate surface area is 268 Å². The number of halogens is 3. The zero-order chi connectivity index (χ0) is 33.5. The number of anilines is 2. The van der Waals surface area contributed by atoms with Gasteiger partial charge in [0.15, 0.2) is 5.85 Å². The summed E-state index contributed by atoms with van der Waals surface area (Å²) in [5.74, 6) is -3.42. The van der Waals surface area contributed by atoms with Crippen molar-refractivity contribution in [2.75, 3.05) is 10.6 Å². The second-order valence-electron chi connectivity index (χ2n) is 11.4. The van der Waals surface area contributed by atoms with Gasteiger partial charge in [-0.2, -0.15) is 13.2 Å². The SMILES string of the molecule is CCCc1cc(C(=O)N[C@@](O)(NCc2cccc(C(F)(F)F)c2)[C@H](C)Cc2ccccc2)cc(N(c2ccccc2)S(C)(=O)=O)c1. The summed E-state index contributed by atoms with van der Waals surface area (Å²) in [4.78, 5) is 13.9. The summed E-state index contributed by atoms with van der Waals surface area (Å²) in [6, 6.07) is 27.3. The number of hydrogen-bond donors (Lipinski definition) is 3. The van der Waals surface area contributed by atoms with E-state index in [1.807, 2.05) is 37.3 Å². The van der Waals surface area contributed by atoms with Crippen LogP contribution in [0.15, 0.2) is 103 Å².